The van der Waals surface area contributed by atoms with E-state index in [0.29, 0.717) is 14.9 Å². The fourth-order valence-corrected chi connectivity index (χ4v) is 7.73. The molecule has 5 heteroatoms. The Kier molecular flexibility index (Phi) is 4.10. The standard InChI is InChI=1S/C12H14OS4/c13-10-2-1-8(11-14-3-4-15-11)7-9(10)12-16-5-6-17-12/h1-2,7,11-13H,3-6H2. The molecule has 0 spiro atoms. The van der Waals surface area contributed by atoms with Gasteiger partial charge in [0.05, 0.1) is 9.16 Å². The number of thioether (sulfide) groups is 4. The zero-order chi connectivity index (χ0) is 11.7. The molecule has 0 atom stereocenters. The van der Waals surface area contributed by atoms with Gasteiger partial charge in [-0.15, -0.1) is 47.0 Å². The molecular formula is C12H14OS4. The van der Waals surface area contributed by atoms with Crippen LogP contribution in [0.5, 0.6) is 5.75 Å². The second-order valence-corrected chi connectivity index (χ2v) is 9.41. The number of aromatic hydroxyl groups is 1. The second-order valence-electron chi connectivity index (χ2n) is 3.97. The molecule has 1 aromatic carbocycles. The predicted octanol–water partition coefficient (Wildman–Crippen LogP) is 4.35. The molecule has 0 aromatic heterocycles. The van der Waals surface area contributed by atoms with E-state index >= 15 is 0 Å². The zero-order valence-electron chi connectivity index (χ0n) is 9.30. The number of benzene rings is 1. The average molecular weight is 303 g/mol. The molecule has 3 rings (SSSR count). The maximum atomic E-state index is 10.00. The van der Waals surface area contributed by atoms with Crippen molar-refractivity contribution in [2.24, 2.45) is 0 Å². The SMILES string of the molecule is Oc1ccc(C2SCCS2)cc1C1SCCS1. The zero-order valence-corrected chi connectivity index (χ0v) is 12.6. The summed E-state index contributed by atoms with van der Waals surface area (Å²) in [5.41, 5.74) is 2.50. The number of hydrogen-bond acceptors (Lipinski definition) is 5. The first-order chi connectivity index (χ1) is 8.34. The van der Waals surface area contributed by atoms with Crippen LogP contribution in [0, 0.1) is 0 Å². The minimum absolute atomic E-state index is 0.436. The highest BCUT2D eigenvalue weighted by molar-refractivity contribution is 8.19. The van der Waals surface area contributed by atoms with Crippen LogP contribution in [0.25, 0.3) is 0 Å². The van der Waals surface area contributed by atoms with Gasteiger partial charge in [-0.25, -0.2) is 0 Å². The Labute approximate surface area is 119 Å². The van der Waals surface area contributed by atoms with E-state index in [9.17, 15) is 5.11 Å². The molecule has 1 aromatic rings. The van der Waals surface area contributed by atoms with Gasteiger partial charge in [0.15, 0.2) is 0 Å². The highest BCUT2D eigenvalue weighted by Gasteiger charge is 2.24. The molecule has 17 heavy (non-hydrogen) atoms. The molecule has 1 N–H and O–H groups in total. The van der Waals surface area contributed by atoms with Crippen LogP contribution < -0.4 is 0 Å². The number of hydrogen-bond donors (Lipinski definition) is 1. The lowest BCUT2D eigenvalue weighted by molar-refractivity contribution is 0.470. The first-order valence-electron chi connectivity index (χ1n) is 5.64. The van der Waals surface area contributed by atoms with Gasteiger partial charge in [0.1, 0.15) is 5.75 Å². The second kappa shape index (κ2) is 5.59. The molecule has 92 valence electrons. The van der Waals surface area contributed by atoms with E-state index in [2.05, 4.69) is 12.1 Å². The van der Waals surface area contributed by atoms with Crippen molar-refractivity contribution in [2.45, 2.75) is 9.16 Å². The van der Waals surface area contributed by atoms with Crippen LogP contribution in [-0.4, -0.2) is 28.1 Å². The molecule has 0 unspecified atom stereocenters. The topological polar surface area (TPSA) is 20.2 Å². The Morgan fingerprint density at radius 1 is 0.882 bits per heavy atom. The molecule has 0 bridgehead atoms. The van der Waals surface area contributed by atoms with Gasteiger partial charge in [-0.05, 0) is 17.7 Å². The Bertz CT molecular complexity index is 397. The van der Waals surface area contributed by atoms with Crippen LogP contribution >= 0.6 is 47.0 Å². The third-order valence-electron chi connectivity index (χ3n) is 2.82. The maximum Gasteiger partial charge on any atom is 0.120 e. The summed E-state index contributed by atoms with van der Waals surface area (Å²) < 4.78 is 1.01. The molecule has 0 radical (unpaired) electrons. The summed E-state index contributed by atoms with van der Waals surface area (Å²) in [5.74, 6) is 5.36. The molecule has 1 nitrogen and oxygen atoms in total. The normalized spacial score (nSPS) is 22.4. The Balaban J connectivity index is 1.88. The van der Waals surface area contributed by atoms with Crippen molar-refractivity contribution in [1.29, 1.82) is 0 Å². The van der Waals surface area contributed by atoms with Crippen LogP contribution in [0.3, 0.4) is 0 Å². The van der Waals surface area contributed by atoms with Crippen LogP contribution in [0.15, 0.2) is 18.2 Å². The largest absolute Gasteiger partial charge is 0.508 e. The summed E-state index contributed by atoms with van der Waals surface area (Å²) in [6, 6.07) is 6.18. The van der Waals surface area contributed by atoms with E-state index in [1.165, 1.54) is 28.6 Å². The van der Waals surface area contributed by atoms with Crippen LogP contribution in [0.2, 0.25) is 0 Å². The van der Waals surface area contributed by atoms with Crippen LogP contribution in [0.4, 0.5) is 0 Å². The monoisotopic (exact) mass is 302 g/mol. The van der Waals surface area contributed by atoms with Crippen molar-refractivity contribution >= 4 is 47.0 Å². The average Bonchev–Trinajstić information content (AvgIpc) is 3.03. The van der Waals surface area contributed by atoms with E-state index in [4.69, 9.17) is 0 Å². The van der Waals surface area contributed by atoms with Crippen molar-refractivity contribution < 1.29 is 5.11 Å². The summed E-state index contributed by atoms with van der Waals surface area (Å²) in [5, 5.41) is 10.00. The molecule has 2 heterocycles. The number of phenolic OH excluding ortho intramolecular Hbond substituents is 1. The summed E-state index contributed by atoms with van der Waals surface area (Å²) >= 11 is 7.94. The summed E-state index contributed by atoms with van der Waals surface area (Å²) in [4.78, 5) is 0. The highest BCUT2D eigenvalue weighted by atomic mass is 32.2. The van der Waals surface area contributed by atoms with Crippen molar-refractivity contribution in [3.05, 3.63) is 29.3 Å². The quantitative estimate of drug-likeness (QED) is 0.873. The molecule has 2 aliphatic rings. The van der Waals surface area contributed by atoms with E-state index < -0.39 is 0 Å². The lowest BCUT2D eigenvalue weighted by atomic mass is 10.1. The molecular weight excluding hydrogens is 288 g/mol. The van der Waals surface area contributed by atoms with Gasteiger partial charge >= 0.3 is 0 Å². The van der Waals surface area contributed by atoms with Crippen molar-refractivity contribution in [3.63, 3.8) is 0 Å². The minimum Gasteiger partial charge on any atom is -0.508 e. The van der Waals surface area contributed by atoms with Crippen molar-refractivity contribution in [2.75, 3.05) is 23.0 Å². The van der Waals surface area contributed by atoms with E-state index in [1.807, 2.05) is 53.1 Å². The van der Waals surface area contributed by atoms with Gasteiger partial charge in [0.25, 0.3) is 0 Å². The van der Waals surface area contributed by atoms with Gasteiger partial charge in [-0.1, -0.05) is 6.07 Å². The van der Waals surface area contributed by atoms with E-state index in [1.54, 1.807) is 0 Å². The van der Waals surface area contributed by atoms with E-state index in [0.717, 1.165) is 5.56 Å². The summed E-state index contributed by atoms with van der Waals surface area (Å²) in [6.07, 6.45) is 0. The number of rotatable bonds is 2. The number of phenols is 1. The summed E-state index contributed by atoms with van der Waals surface area (Å²) in [7, 11) is 0. The predicted molar refractivity (Wildman–Crippen MR) is 83.4 cm³/mol. The first-order valence-corrected chi connectivity index (χ1v) is 9.83. The third-order valence-corrected chi connectivity index (χ3v) is 8.99. The molecule has 2 saturated heterocycles. The smallest absolute Gasteiger partial charge is 0.120 e. The third kappa shape index (κ3) is 2.72. The molecule has 2 fully saturated rings. The Morgan fingerprint density at radius 2 is 1.47 bits per heavy atom. The van der Waals surface area contributed by atoms with Crippen molar-refractivity contribution in [1.82, 2.24) is 0 Å². The van der Waals surface area contributed by atoms with Gasteiger partial charge in [-0.2, -0.15) is 0 Å². The molecule has 2 aliphatic heterocycles. The Morgan fingerprint density at radius 3 is 2.12 bits per heavy atom. The fraction of sp³-hybridized carbons (Fsp3) is 0.500. The van der Waals surface area contributed by atoms with Gasteiger partial charge in [-0.3, -0.25) is 0 Å². The Hall–Kier alpha value is 0.420. The van der Waals surface area contributed by atoms with Crippen LogP contribution in [0.1, 0.15) is 20.3 Å². The highest BCUT2D eigenvalue weighted by Crippen LogP contribution is 2.51. The minimum atomic E-state index is 0.436. The van der Waals surface area contributed by atoms with Crippen molar-refractivity contribution in [3.8, 4) is 5.75 Å². The first kappa shape index (κ1) is 12.5. The van der Waals surface area contributed by atoms with Gasteiger partial charge < -0.3 is 5.11 Å². The molecule has 0 amide bonds. The molecule has 0 aliphatic carbocycles. The lowest BCUT2D eigenvalue weighted by Gasteiger charge is -2.15. The maximum absolute atomic E-state index is 10.00. The van der Waals surface area contributed by atoms with Crippen LogP contribution in [-0.2, 0) is 0 Å². The lowest BCUT2D eigenvalue weighted by Crippen LogP contribution is -1.91. The molecule has 0 saturated carbocycles. The van der Waals surface area contributed by atoms with Gasteiger partial charge in [0.2, 0.25) is 0 Å². The summed E-state index contributed by atoms with van der Waals surface area (Å²) in [6.45, 7) is 0. The fourth-order valence-electron chi connectivity index (χ4n) is 2.00. The van der Waals surface area contributed by atoms with E-state index in [-0.39, 0.29) is 0 Å². The van der Waals surface area contributed by atoms with Gasteiger partial charge in [0, 0.05) is 28.6 Å².